The van der Waals surface area contributed by atoms with E-state index in [1.165, 1.54) is 24.2 Å². The Bertz CT molecular complexity index is 795. The maximum Gasteiger partial charge on any atom is 0.240 e. The number of rotatable bonds is 5. The van der Waals surface area contributed by atoms with Crippen molar-refractivity contribution in [2.45, 2.75) is 37.1 Å². The molecule has 0 radical (unpaired) electrons. The number of fused-ring (bicyclic) bond motifs is 1. The van der Waals surface area contributed by atoms with Crippen LogP contribution in [0.4, 0.5) is 0 Å². The third-order valence-electron chi connectivity index (χ3n) is 4.26. The molecule has 23 heavy (non-hydrogen) atoms. The Labute approximate surface area is 136 Å². The van der Waals surface area contributed by atoms with Crippen molar-refractivity contribution >= 4 is 10.0 Å². The van der Waals surface area contributed by atoms with Crippen molar-refractivity contribution in [1.29, 1.82) is 0 Å². The largest absolute Gasteiger partial charge is 0.497 e. The van der Waals surface area contributed by atoms with Gasteiger partial charge in [0.25, 0.3) is 0 Å². The summed E-state index contributed by atoms with van der Waals surface area (Å²) in [5, 5.41) is 0. The van der Waals surface area contributed by atoms with E-state index in [1.54, 1.807) is 19.2 Å². The fourth-order valence-corrected chi connectivity index (χ4v) is 3.88. The average Bonchev–Trinajstić information content (AvgIpc) is 2.90. The molecule has 0 fully saturated rings. The summed E-state index contributed by atoms with van der Waals surface area (Å²) in [4.78, 5) is 4.81. The van der Waals surface area contributed by atoms with Gasteiger partial charge in [0.05, 0.1) is 24.2 Å². The van der Waals surface area contributed by atoms with Crippen LogP contribution in [0.25, 0.3) is 0 Å². The van der Waals surface area contributed by atoms with Gasteiger partial charge in [-0.15, -0.1) is 0 Å². The fourth-order valence-electron chi connectivity index (χ4n) is 2.90. The molecule has 0 aliphatic heterocycles. The number of nitrogens with zero attached hydrogens (tertiary/aromatic N) is 2. The first-order chi connectivity index (χ1) is 11.0. The molecule has 1 heterocycles. The molecule has 0 bridgehead atoms. The summed E-state index contributed by atoms with van der Waals surface area (Å²) in [6, 6.07) is 6.33. The predicted octanol–water partition coefficient (Wildman–Crippen LogP) is 1.79. The molecule has 1 aromatic carbocycles. The summed E-state index contributed by atoms with van der Waals surface area (Å²) in [7, 11) is -0.0617. The van der Waals surface area contributed by atoms with E-state index in [-0.39, 0.29) is 11.4 Å². The molecule has 1 aromatic heterocycles. The Balaban J connectivity index is 1.75. The lowest BCUT2D eigenvalue weighted by Crippen LogP contribution is -2.24. The van der Waals surface area contributed by atoms with Crippen LogP contribution in [-0.4, -0.2) is 25.1 Å². The van der Waals surface area contributed by atoms with Crippen LogP contribution >= 0.6 is 0 Å². The summed E-state index contributed by atoms with van der Waals surface area (Å²) in [6.45, 7) is 0.192. The molecular weight excluding hydrogens is 314 g/mol. The monoisotopic (exact) mass is 335 g/mol. The van der Waals surface area contributed by atoms with E-state index in [0.717, 1.165) is 30.8 Å². The van der Waals surface area contributed by atoms with Gasteiger partial charge < -0.3 is 9.30 Å². The van der Waals surface area contributed by atoms with Crippen LogP contribution in [0.1, 0.15) is 30.1 Å². The van der Waals surface area contributed by atoms with E-state index in [4.69, 9.17) is 4.74 Å². The SMILES string of the molecule is COc1ccc(S(=O)(=O)NCc2nc3c(n2C)CCCC3)cc1. The predicted molar refractivity (Wildman–Crippen MR) is 86.9 cm³/mol. The highest BCUT2D eigenvalue weighted by molar-refractivity contribution is 7.89. The lowest BCUT2D eigenvalue weighted by atomic mass is 10.0. The van der Waals surface area contributed by atoms with Crippen LogP contribution in [0.5, 0.6) is 5.75 Å². The number of hydrogen-bond donors (Lipinski definition) is 1. The van der Waals surface area contributed by atoms with E-state index < -0.39 is 10.0 Å². The number of benzene rings is 1. The third kappa shape index (κ3) is 3.25. The minimum atomic E-state index is -3.56. The highest BCUT2D eigenvalue weighted by atomic mass is 32.2. The normalized spacial score (nSPS) is 14.5. The third-order valence-corrected chi connectivity index (χ3v) is 5.67. The van der Waals surface area contributed by atoms with Crippen molar-refractivity contribution in [1.82, 2.24) is 14.3 Å². The molecule has 3 rings (SSSR count). The number of aromatic nitrogens is 2. The van der Waals surface area contributed by atoms with Crippen molar-refractivity contribution in [3.63, 3.8) is 0 Å². The first kappa shape index (κ1) is 16.0. The molecule has 124 valence electrons. The van der Waals surface area contributed by atoms with Gasteiger partial charge in [-0.2, -0.15) is 0 Å². The van der Waals surface area contributed by atoms with Gasteiger partial charge in [-0.3, -0.25) is 0 Å². The second kappa shape index (κ2) is 6.33. The molecule has 1 N–H and O–H groups in total. The lowest BCUT2D eigenvalue weighted by Gasteiger charge is -2.11. The van der Waals surface area contributed by atoms with E-state index in [1.807, 2.05) is 11.6 Å². The lowest BCUT2D eigenvalue weighted by molar-refractivity contribution is 0.414. The van der Waals surface area contributed by atoms with E-state index >= 15 is 0 Å². The molecule has 6 nitrogen and oxygen atoms in total. The smallest absolute Gasteiger partial charge is 0.240 e. The van der Waals surface area contributed by atoms with Gasteiger partial charge in [-0.05, 0) is 49.9 Å². The molecule has 7 heteroatoms. The minimum absolute atomic E-state index is 0.192. The molecule has 1 aliphatic carbocycles. The Morgan fingerprint density at radius 1 is 1.22 bits per heavy atom. The molecule has 1 aliphatic rings. The van der Waals surface area contributed by atoms with E-state index in [2.05, 4.69) is 9.71 Å². The van der Waals surface area contributed by atoms with Crippen molar-refractivity contribution < 1.29 is 13.2 Å². The number of sulfonamides is 1. The van der Waals surface area contributed by atoms with Crippen LogP contribution in [-0.2, 0) is 36.5 Å². The zero-order valence-electron chi connectivity index (χ0n) is 13.4. The van der Waals surface area contributed by atoms with Gasteiger partial charge in [0.1, 0.15) is 11.6 Å². The number of aryl methyl sites for hydroxylation is 1. The Kier molecular flexibility index (Phi) is 4.41. The highest BCUT2D eigenvalue weighted by Crippen LogP contribution is 2.21. The maximum absolute atomic E-state index is 12.4. The van der Waals surface area contributed by atoms with Crippen molar-refractivity contribution in [2.75, 3.05) is 7.11 Å². The zero-order chi connectivity index (χ0) is 16.4. The van der Waals surface area contributed by atoms with Gasteiger partial charge in [-0.25, -0.2) is 18.1 Å². The molecule has 0 spiro atoms. The van der Waals surface area contributed by atoms with Crippen LogP contribution in [0.3, 0.4) is 0 Å². The molecule has 2 aromatic rings. The van der Waals surface area contributed by atoms with Crippen LogP contribution in [0, 0.1) is 0 Å². The van der Waals surface area contributed by atoms with E-state index in [9.17, 15) is 8.42 Å². The summed E-state index contributed by atoms with van der Waals surface area (Å²) in [5.41, 5.74) is 2.34. The first-order valence-corrected chi connectivity index (χ1v) is 9.16. The van der Waals surface area contributed by atoms with Crippen molar-refractivity contribution in [2.24, 2.45) is 7.05 Å². The molecule has 0 saturated heterocycles. The first-order valence-electron chi connectivity index (χ1n) is 7.68. The number of methoxy groups -OCH3 is 1. The molecule has 0 atom stereocenters. The summed E-state index contributed by atoms with van der Waals surface area (Å²) in [5.74, 6) is 1.38. The van der Waals surface area contributed by atoms with E-state index in [0.29, 0.717) is 5.75 Å². The summed E-state index contributed by atoms with van der Waals surface area (Å²) >= 11 is 0. The Morgan fingerprint density at radius 2 is 1.91 bits per heavy atom. The van der Waals surface area contributed by atoms with Gasteiger partial charge in [0.15, 0.2) is 0 Å². The standard InChI is InChI=1S/C16H21N3O3S/c1-19-15-6-4-3-5-14(15)18-16(19)11-17-23(20,21)13-9-7-12(22-2)8-10-13/h7-10,17H,3-6,11H2,1-2H3. The topological polar surface area (TPSA) is 73.2 Å². The minimum Gasteiger partial charge on any atom is -0.497 e. The second-order valence-corrected chi connectivity index (χ2v) is 7.45. The molecule has 0 saturated carbocycles. The number of nitrogens with one attached hydrogen (secondary N) is 1. The summed E-state index contributed by atoms with van der Waals surface area (Å²) in [6.07, 6.45) is 4.32. The second-order valence-electron chi connectivity index (χ2n) is 5.69. The Hall–Kier alpha value is -1.86. The number of hydrogen-bond acceptors (Lipinski definition) is 4. The fraction of sp³-hybridized carbons (Fsp3) is 0.438. The van der Waals surface area contributed by atoms with Gasteiger partial charge in [0.2, 0.25) is 10.0 Å². The zero-order valence-corrected chi connectivity index (χ0v) is 14.2. The van der Waals surface area contributed by atoms with Gasteiger partial charge >= 0.3 is 0 Å². The Morgan fingerprint density at radius 3 is 2.57 bits per heavy atom. The summed E-state index contributed by atoms with van der Waals surface area (Å²) < 4.78 is 34.4. The maximum atomic E-state index is 12.4. The van der Waals surface area contributed by atoms with Crippen LogP contribution < -0.4 is 9.46 Å². The molecular formula is C16H21N3O3S. The number of imidazole rings is 1. The highest BCUT2D eigenvalue weighted by Gasteiger charge is 2.20. The van der Waals surface area contributed by atoms with Gasteiger partial charge in [0, 0.05) is 12.7 Å². The molecule has 0 amide bonds. The van der Waals surface area contributed by atoms with Crippen molar-refractivity contribution in [3.8, 4) is 5.75 Å². The number of ether oxygens (including phenoxy) is 1. The van der Waals surface area contributed by atoms with Gasteiger partial charge in [-0.1, -0.05) is 0 Å². The average molecular weight is 335 g/mol. The van der Waals surface area contributed by atoms with Crippen molar-refractivity contribution in [3.05, 3.63) is 41.5 Å². The van der Waals surface area contributed by atoms with Crippen LogP contribution in [0.15, 0.2) is 29.2 Å². The molecule has 0 unspecified atom stereocenters. The van der Waals surface area contributed by atoms with Crippen LogP contribution in [0.2, 0.25) is 0 Å². The quantitative estimate of drug-likeness (QED) is 0.904.